The van der Waals surface area contributed by atoms with E-state index >= 15 is 0 Å². The Bertz CT molecular complexity index is 824. The van der Waals surface area contributed by atoms with Crippen LogP contribution in [0.15, 0.2) is 30.5 Å². The molecule has 1 saturated heterocycles. The van der Waals surface area contributed by atoms with Crippen LogP contribution in [0.3, 0.4) is 0 Å². The number of fused-ring (bicyclic) bond motifs is 1. The number of aromatic nitrogens is 1. The number of anilines is 1. The zero-order chi connectivity index (χ0) is 14.3. The summed E-state index contributed by atoms with van der Waals surface area (Å²) in [6.45, 7) is 1.90. The van der Waals surface area contributed by atoms with E-state index in [1.807, 2.05) is 13.0 Å². The molecule has 0 aliphatic carbocycles. The van der Waals surface area contributed by atoms with Gasteiger partial charge in [0.1, 0.15) is 11.8 Å². The van der Waals surface area contributed by atoms with Crippen molar-refractivity contribution in [1.82, 2.24) is 4.98 Å². The van der Waals surface area contributed by atoms with E-state index in [0.29, 0.717) is 17.8 Å². The second-order valence-corrected chi connectivity index (χ2v) is 6.89. The van der Waals surface area contributed by atoms with Gasteiger partial charge in [-0.1, -0.05) is 0 Å². The van der Waals surface area contributed by atoms with E-state index in [4.69, 9.17) is 5.26 Å². The lowest BCUT2D eigenvalue weighted by Gasteiger charge is -2.22. The van der Waals surface area contributed by atoms with E-state index in [2.05, 4.69) is 4.98 Å². The molecule has 1 aromatic carbocycles. The molecule has 0 N–H and O–H groups in total. The van der Waals surface area contributed by atoms with Crippen molar-refractivity contribution in [3.63, 3.8) is 0 Å². The molecule has 5 nitrogen and oxygen atoms in total. The van der Waals surface area contributed by atoms with Crippen LogP contribution >= 0.6 is 0 Å². The number of sulfonamides is 1. The third kappa shape index (κ3) is 1.91. The van der Waals surface area contributed by atoms with Gasteiger partial charge in [0.25, 0.3) is 0 Å². The molecule has 0 bridgehead atoms. The molecule has 1 atom stereocenters. The van der Waals surface area contributed by atoms with Crippen LogP contribution in [0.25, 0.3) is 10.8 Å². The largest absolute Gasteiger partial charge is 0.267 e. The highest BCUT2D eigenvalue weighted by Crippen LogP contribution is 2.31. The Kier molecular flexibility index (Phi) is 2.87. The van der Waals surface area contributed by atoms with Crippen molar-refractivity contribution in [1.29, 1.82) is 5.26 Å². The van der Waals surface area contributed by atoms with Gasteiger partial charge in [-0.15, -0.1) is 0 Å². The highest BCUT2D eigenvalue weighted by molar-refractivity contribution is 7.93. The predicted molar refractivity (Wildman–Crippen MR) is 76.8 cm³/mol. The first-order valence-electron chi connectivity index (χ1n) is 6.34. The van der Waals surface area contributed by atoms with Crippen LogP contribution in [0.5, 0.6) is 0 Å². The summed E-state index contributed by atoms with van der Waals surface area (Å²) in [6.07, 6.45) is 2.20. The molecule has 1 aliphatic rings. The van der Waals surface area contributed by atoms with E-state index in [0.717, 1.165) is 10.8 Å². The van der Waals surface area contributed by atoms with Crippen LogP contribution < -0.4 is 4.31 Å². The molecule has 0 saturated carbocycles. The molecule has 0 amide bonds. The van der Waals surface area contributed by atoms with Crippen LogP contribution in [0.1, 0.15) is 19.0 Å². The molecule has 1 aliphatic heterocycles. The standard InChI is InChI=1S/C14H13N3O2S/c1-10-5-7-20(18,19)17(10)12-2-3-13-11(8-12)4-6-16-14(13)9-15/h2-4,6,8,10H,5,7H2,1H3. The number of benzene rings is 1. The highest BCUT2D eigenvalue weighted by Gasteiger charge is 2.34. The normalized spacial score (nSPS) is 21.0. The monoisotopic (exact) mass is 287 g/mol. The zero-order valence-corrected chi connectivity index (χ0v) is 11.8. The third-order valence-electron chi connectivity index (χ3n) is 3.60. The number of hydrogen-bond acceptors (Lipinski definition) is 4. The van der Waals surface area contributed by atoms with Crippen molar-refractivity contribution in [3.05, 3.63) is 36.2 Å². The number of rotatable bonds is 1. The molecular weight excluding hydrogens is 274 g/mol. The minimum absolute atomic E-state index is 0.0327. The molecule has 1 aromatic heterocycles. The molecule has 20 heavy (non-hydrogen) atoms. The van der Waals surface area contributed by atoms with Gasteiger partial charge in [0.15, 0.2) is 0 Å². The minimum Gasteiger partial charge on any atom is -0.267 e. The van der Waals surface area contributed by atoms with Gasteiger partial charge >= 0.3 is 0 Å². The summed E-state index contributed by atoms with van der Waals surface area (Å²) >= 11 is 0. The van der Waals surface area contributed by atoms with Crippen molar-refractivity contribution >= 4 is 26.5 Å². The quantitative estimate of drug-likeness (QED) is 0.804. The summed E-state index contributed by atoms with van der Waals surface area (Å²) < 4.78 is 25.7. The maximum Gasteiger partial charge on any atom is 0.235 e. The first-order chi connectivity index (χ1) is 9.53. The average molecular weight is 287 g/mol. The first kappa shape index (κ1) is 12.9. The third-order valence-corrected chi connectivity index (χ3v) is 5.52. The van der Waals surface area contributed by atoms with Gasteiger partial charge in [0, 0.05) is 17.6 Å². The summed E-state index contributed by atoms with van der Waals surface area (Å²) in [7, 11) is -3.22. The second-order valence-electron chi connectivity index (χ2n) is 4.93. The summed E-state index contributed by atoms with van der Waals surface area (Å²) in [4.78, 5) is 4.00. The summed E-state index contributed by atoms with van der Waals surface area (Å²) in [5.74, 6) is 0.187. The second kappa shape index (κ2) is 4.46. The molecular formula is C14H13N3O2S. The predicted octanol–water partition coefficient (Wildman–Crippen LogP) is 2.03. The molecule has 2 aromatic rings. The Labute approximate surface area is 117 Å². The number of nitrogens with zero attached hydrogens (tertiary/aromatic N) is 3. The molecule has 6 heteroatoms. The Morgan fingerprint density at radius 3 is 2.85 bits per heavy atom. The van der Waals surface area contributed by atoms with E-state index in [1.54, 1.807) is 30.5 Å². The number of nitriles is 1. The van der Waals surface area contributed by atoms with Crippen molar-refractivity contribution < 1.29 is 8.42 Å². The smallest absolute Gasteiger partial charge is 0.235 e. The lowest BCUT2D eigenvalue weighted by molar-refractivity contribution is 0.597. The zero-order valence-electron chi connectivity index (χ0n) is 10.9. The molecule has 1 unspecified atom stereocenters. The van der Waals surface area contributed by atoms with Crippen molar-refractivity contribution in [3.8, 4) is 6.07 Å². The summed E-state index contributed by atoms with van der Waals surface area (Å²) in [5, 5.41) is 10.6. The fourth-order valence-electron chi connectivity index (χ4n) is 2.62. The Balaban J connectivity index is 2.18. The van der Waals surface area contributed by atoms with Crippen LogP contribution in [-0.2, 0) is 10.0 Å². The molecule has 102 valence electrons. The van der Waals surface area contributed by atoms with Gasteiger partial charge in [-0.25, -0.2) is 13.4 Å². The number of hydrogen-bond donors (Lipinski definition) is 0. The fraction of sp³-hybridized carbons (Fsp3) is 0.286. The van der Waals surface area contributed by atoms with E-state index in [-0.39, 0.29) is 11.8 Å². The Hall–Kier alpha value is -2.13. The fourth-order valence-corrected chi connectivity index (χ4v) is 4.54. The van der Waals surface area contributed by atoms with Gasteiger partial charge in [0.2, 0.25) is 10.0 Å². The van der Waals surface area contributed by atoms with E-state index in [9.17, 15) is 8.42 Å². The molecule has 3 rings (SSSR count). The van der Waals surface area contributed by atoms with Crippen LogP contribution in [0.4, 0.5) is 5.69 Å². The molecule has 0 spiro atoms. The van der Waals surface area contributed by atoms with Crippen molar-refractivity contribution in [2.75, 3.05) is 10.1 Å². The van der Waals surface area contributed by atoms with Crippen LogP contribution in [-0.4, -0.2) is 25.2 Å². The lowest BCUT2D eigenvalue weighted by atomic mass is 10.1. The van der Waals surface area contributed by atoms with Crippen LogP contribution in [0, 0.1) is 11.3 Å². The van der Waals surface area contributed by atoms with Gasteiger partial charge in [-0.2, -0.15) is 5.26 Å². The average Bonchev–Trinajstić information content (AvgIpc) is 2.71. The Morgan fingerprint density at radius 1 is 1.40 bits per heavy atom. The van der Waals surface area contributed by atoms with Crippen LogP contribution in [0.2, 0.25) is 0 Å². The van der Waals surface area contributed by atoms with Gasteiger partial charge < -0.3 is 0 Å². The minimum atomic E-state index is -3.22. The highest BCUT2D eigenvalue weighted by atomic mass is 32.2. The topological polar surface area (TPSA) is 74.1 Å². The van der Waals surface area contributed by atoms with E-state index < -0.39 is 10.0 Å². The maximum atomic E-state index is 12.1. The van der Waals surface area contributed by atoms with Crippen molar-refractivity contribution in [2.45, 2.75) is 19.4 Å². The number of pyridine rings is 1. The first-order valence-corrected chi connectivity index (χ1v) is 7.95. The van der Waals surface area contributed by atoms with Gasteiger partial charge in [-0.05, 0) is 43.0 Å². The summed E-state index contributed by atoms with van der Waals surface area (Å²) in [5.41, 5.74) is 1.00. The molecule has 1 fully saturated rings. The Morgan fingerprint density at radius 2 is 2.20 bits per heavy atom. The SMILES string of the molecule is CC1CCS(=O)(=O)N1c1ccc2c(C#N)nccc2c1. The maximum absolute atomic E-state index is 12.1. The summed E-state index contributed by atoms with van der Waals surface area (Å²) in [6, 6.07) is 9.10. The molecule has 0 radical (unpaired) electrons. The van der Waals surface area contributed by atoms with E-state index in [1.165, 1.54) is 4.31 Å². The lowest BCUT2D eigenvalue weighted by Crippen LogP contribution is -2.31. The van der Waals surface area contributed by atoms with Gasteiger partial charge in [-0.3, -0.25) is 4.31 Å². The molecule has 2 heterocycles. The van der Waals surface area contributed by atoms with Gasteiger partial charge in [0.05, 0.1) is 11.4 Å². The van der Waals surface area contributed by atoms with Crippen molar-refractivity contribution in [2.24, 2.45) is 0 Å².